The molecule has 5 N–H and O–H groups in total. The van der Waals surface area contributed by atoms with Crippen molar-refractivity contribution in [1.82, 2.24) is 40.3 Å². The highest BCUT2D eigenvalue weighted by Crippen LogP contribution is 2.33. The van der Waals surface area contributed by atoms with Gasteiger partial charge < -0.3 is 45.7 Å². The Morgan fingerprint density at radius 1 is 0.833 bits per heavy atom. The number of H-pyrrole nitrogens is 1. The van der Waals surface area contributed by atoms with Crippen LogP contribution >= 0.6 is 11.6 Å². The van der Waals surface area contributed by atoms with E-state index in [4.69, 9.17) is 22.1 Å². The van der Waals surface area contributed by atoms with E-state index in [0.29, 0.717) is 62.6 Å². The lowest BCUT2D eigenvalue weighted by Gasteiger charge is -2.40. The molecule has 4 aliphatic heterocycles. The van der Waals surface area contributed by atoms with Crippen molar-refractivity contribution in [3.63, 3.8) is 0 Å². The predicted molar refractivity (Wildman–Crippen MR) is 282 cm³/mol. The van der Waals surface area contributed by atoms with Crippen molar-refractivity contribution in [2.75, 3.05) is 63.8 Å². The molecule has 5 fully saturated rings. The summed E-state index contributed by atoms with van der Waals surface area (Å²) in [6.07, 6.45) is 18.5. The van der Waals surface area contributed by atoms with E-state index in [-0.39, 0.29) is 53.7 Å². The number of carbonyl (C=O) groups excluding carboxylic acids is 4. The van der Waals surface area contributed by atoms with Crippen molar-refractivity contribution < 1.29 is 23.9 Å². The van der Waals surface area contributed by atoms with Gasteiger partial charge in [0.2, 0.25) is 17.7 Å². The minimum absolute atomic E-state index is 0.0313. The summed E-state index contributed by atoms with van der Waals surface area (Å²) in [6, 6.07) is 16.8. The Morgan fingerprint density at radius 2 is 1.57 bits per heavy atom. The van der Waals surface area contributed by atoms with Crippen molar-refractivity contribution in [2.24, 2.45) is 11.7 Å². The van der Waals surface area contributed by atoms with Crippen molar-refractivity contribution >= 4 is 52.1 Å². The lowest BCUT2D eigenvalue weighted by molar-refractivity contribution is -0.139. The number of rotatable bonds is 17. The van der Waals surface area contributed by atoms with E-state index in [1.165, 1.54) is 0 Å². The zero-order valence-electron chi connectivity index (χ0n) is 42.4. The molecule has 3 atom stereocenters. The number of aromatic amines is 1. The standard InChI is InChI=1S/C56H77ClN10O5/c1-2-3-14-49(68)67-28-8-13-43(37-67)41-11-7-12-42(36-41)53(69)63-50(40-9-5-4-6-10-40)54(70)66-32-22-46(23-33-66)72-45-20-29-64(30-21-45)31-24-48(39-15-17-44(57)18-16-39)62-55(71)56(58)25-34-65(35-26-56)52-47-19-27-59-51(47)60-38-61-52/h7,11-12,15-19,27,36,38,40,43,45-46,48,50H,2-6,8-10,13-14,20-26,28-35,37,58H2,1H3,(H,62,71)(H,63,69)(H,59,60,61). The number of piperidine rings is 4. The van der Waals surface area contributed by atoms with Crippen LogP contribution in [0.5, 0.6) is 0 Å². The van der Waals surface area contributed by atoms with E-state index in [9.17, 15) is 19.2 Å². The number of nitrogens with one attached hydrogen (secondary N) is 3. The lowest BCUT2D eigenvalue weighted by atomic mass is 9.83. The third-order valence-corrected chi connectivity index (χ3v) is 16.8. The van der Waals surface area contributed by atoms with Crippen LogP contribution in [0, 0.1) is 5.92 Å². The van der Waals surface area contributed by atoms with Crippen LogP contribution in [0.3, 0.4) is 0 Å². The van der Waals surface area contributed by atoms with E-state index in [0.717, 1.165) is 144 Å². The van der Waals surface area contributed by atoms with Crippen molar-refractivity contribution in [3.8, 4) is 0 Å². The summed E-state index contributed by atoms with van der Waals surface area (Å²) in [5.74, 6) is 1.10. The van der Waals surface area contributed by atoms with Crippen molar-refractivity contribution in [3.05, 3.63) is 88.8 Å². The van der Waals surface area contributed by atoms with Gasteiger partial charge in [0.15, 0.2) is 0 Å². The highest BCUT2D eigenvalue weighted by atomic mass is 35.5. The SMILES string of the molecule is CCCCC(=O)N1CCCC(c2cccc(C(=O)NC(C(=O)N3CCC(OC4CCN(CCC(NC(=O)C5(N)CCN(c6ncnc7[nH]ccc67)CC5)c5ccc(Cl)cc5)CC4)CC3)C3CCCCC3)c2)C1. The Balaban J connectivity index is 0.737. The summed E-state index contributed by atoms with van der Waals surface area (Å²) in [7, 11) is 0. The van der Waals surface area contributed by atoms with Gasteiger partial charge in [-0.25, -0.2) is 9.97 Å². The molecule has 16 heteroatoms. The summed E-state index contributed by atoms with van der Waals surface area (Å²) >= 11 is 6.30. The molecule has 15 nitrogen and oxygen atoms in total. The van der Waals surface area contributed by atoms with Crippen LogP contribution in [0.25, 0.3) is 11.0 Å². The first-order chi connectivity index (χ1) is 35.0. The van der Waals surface area contributed by atoms with E-state index in [1.807, 2.05) is 64.5 Å². The molecule has 0 bridgehead atoms. The van der Waals surface area contributed by atoms with Gasteiger partial charge in [-0.05, 0) is 124 Å². The van der Waals surface area contributed by atoms with Gasteiger partial charge in [0.1, 0.15) is 23.8 Å². The Labute approximate surface area is 430 Å². The number of anilines is 1. The lowest BCUT2D eigenvalue weighted by Crippen LogP contribution is -2.60. The van der Waals surface area contributed by atoms with Crippen LogP contribution in [0.15, 0.2) is 67.1 Å². The molecule has 2 aromatic carbocycles. The average molecular weight is 1010 g/mol. The summed E-state index contributed by atoms with van der Waals surface area (Å²) < 4.78 is 6.74. The van der Waals surface area contributed by atoms with Crippen LogP contribution < -0.4 is 21.3 Å². The first-order valence-electron chi connectivity index (χ1n) is 27.3. The fourth-order valence-electron chi connectivity index (χ4n) is 12.0. The van der Waals surface area contributed by atoms with Crippen LogP contribution in [0.1, 0.15) is 150 Å². The summed E-state index contributed by atoms with van der Waals surface area (Å²) in [4.78, 5) is 76.0. The van der Waals surface area contributed by atoms with Crippen molar-refractivity contribution in [2.45, 2.75) is 152 Å². The molecule has 1 aliphatic carbocycles. The predicted octanol–water partition coefficient (Wildman–Crippen LogP) is 7.90. The number of fused-ring (bicyclic) bond motifs is 1. The van der Waals surface area contributed by atoms with E-state index in [1.54, 1.807) is 6.33 Å². The first kappa shape index (κ1) is 51.8. The fourth-order valence-corrected chi connectivity index (χ4v) is 12.1. The highest BCUT2D eigenvalue weighted by Gasteiger charge is 2.40. The number of hydrogen-bond donors (Lipinski definition) is 4. The highest BCUT2D eigenvalue weighted by molar-refractivity contribution is 6.30. The second kappa shape index (κ2) is 24.3. The molecule has 72 heavy (non-hydrogen) atoms. The molecule has 388 valence electrons. The molecule has 0 spiro atoms. The molecule has 5 aliphatic rings. The van der Waals surface area contributed by atoms with Gasteiger partial charge in [0, 0.05) is 88.0 Å². The minimum atomic E-state index is -0.999. The number of amides is 4. The number of aromatic nitrogens is 3. The molecule has 4 saturated heterocycles. The number of unbranched alkanes of at least 4 members (excludes halogenated alkanes) is 1. The third-order valence-electron chi connectivity index (χ3n) is 16.5. The fraction of sp³-hybridized carbons (Fsp3) is 0.607. The zero-order valence-corrected chi connectivity index (χ0v) is 43.1. The monoisotopic (exact) mass is 1000 g/mol. The number of carbonyl (C=O) groups is 4. The van der Waals surface area contributed by atoms with E-state index < -0.39 is 11.6 Å². The second-order valence-corrected chi connectivity index (χ2v) is 21.8. The number of halogens is 1. The topological polar surface area (TPSA) is 182 Å². The third kappa shape index (κ3) is 12.8. The Kier molecular flexibility index (Phi) is 17.5. The number of likely N-dealkylation sites (tertiary alicyclic amines) is 3. The van der Waals surface area contributed by atoms with Gasteiger partial charge in [0.25, 0.3) is 5.91 Å². The molecule has 4 aromatic rings. The quantitative estimate of drug-likeness (QED) is 0.0812. The number of benzene rings is 2. The average Bonchev–Trinajstić information content (AvgIpc) is 3.92. The molecule has 2 aromatic heterocycles. The summed E-state index contributed by atoms with van der Waals surface area (Å²) in [5, 5.41) is 8.22. The molecular weight excluding hydrogens is 928 g/mol. The molecular formula is C56H77ClN10O5. The maximum atomic E-state index is 14.4. The minimum Gasteiger partial charge on any atom is -0.375 e. The molecule has 1 saturated carbocycles. The first-order valence-corrected chi connectivity index (χ1v) is 27.6. The van der Waals surface area contributed by atoms with Gasteiger partial charge in [-0.2, -0.15) is 0 Å². The van der Waals surface area contributed by atoms with E-state index in [2.05, 4.69) is 48.4 Å². The molecule has 4 amide bonds. The van der Waals surface area contributed by atoms with Gasteiger partial charge in [-0.3, -0.25) is 19.2 Å². The second-order valence-electron chi connectivity index (χ2n) is 21.4. The summed E-state index contributed by atoms with van der Waals surface area (Å²) in [6.45, 7) is 8.68. The Bertz CT molecular complexity index is 2440. The number of nitrogens with two attached hydrogens (primary N) is 1. The van der Waals surface area contributed by atoms with E-state index >= 15 is 0 Å². The molecule has 0 radical (unpaired) electrons. The largest absolute Gasteiger partial charge is 0.375 e. The zero-order chi connectivity index (χ0) is 50.0. The van der Waals surface area contributed by atoms with Crippen molar-refractivity contribution in [1.29, 1.82) is 0 Å². The van der Waals surface area contributed by atoms with Gasteiger partial charge in [-0.15, -0.1) is 0 Å². The molecule has 6 heterocycles. The van der Waals surface area contributed by atoms with Crippen LogP contribution in [0.2, 0.25) is 5.02 Å². The van der Waals surface area contributed by atoms with Crippen LogP contribution in [0.4, 0.5) is 5.82 Å². The van der Waals surface area contributed by atoms with Gasteiger partial charge in [0.05, 0.1) is 29.2 Å². The Hall–Kier alpha value is -5.09. The Morgan fingerprint density at radius 3 is 2.31 bits per heavy atom. The maximum absolute atomic E-state index is 14.4. The van der Waals surface area contributed by atoms with Gasteiger partial charge >= 0.3 is 0 Å². The molecule has 9 rings (SSSR count). The van der Waals surface area contributed by atoms with Gasteiger partial charge in [-0.1, -0.05) is 68.5 Å². The maximum Gasteiger partial charge on any atom is 0.251 e. The number of nitrogens with zero attached hydrogens (tertiary/aromatic N) is 6. The van der Waals surface area contributed by atoms with Crippen LogP contribution in [-0.4, -0.2) is 136 Å². The number of ether oxygens (including phenoxy) is 1. The smallest absolute Gasteiger partial charge is 0.251 e. The normalized spacial score (nSPS) is 21.6. The number of hydrogen-bond acceptors (Lipinski definition) is 10. The molecule has 3 unspecified atom stereocenters. The summed E-state index contributed by atoms with van der Waals surface area (Å²) in [5.41, 5.74) is 9.35. The van der Waals surface area contributed by atoms with Crippen LogP contribution in [-0.2, 0) is 19.1 Å².